The average molecular weight is 408 g/mol. The Bertz CT molecular complexity index is 853. The zero-order valence-electron chi connectivity index (χ0n) is 14.8. The van der Waals surface area contributed by atoms with Crippen LogP contribution < -0.4 is 9.47 Å². The Morgan fingerprint density at radius 3 is 2.63 bits per heavy atom. The summed E-state index contributed by atoms with van der Waals surface area (Å²) in [6.07, 6.45) is 6.41. The quantitative estimate of drug-likeness (QED) is 0.658. The minimum Gasteiger partial charge on any atom is -0.493 e. The standard InChI is InChI=1S/C20H19Cl2NO4/c1-25-17-4-2-11(16(24)8-13-14(21)9-23-10-15(13)22)6-19(17)27-20-7-12-3-5-18(20)26-12/h2,4,6,9-10,12,18,20H,3,5,7-8H2,1H3. The van der Waals surface area contributed by atoms with Crippen LogP contribution in [0.3, 0.4) is 0 Å². The lowest BCUT2D eigenvalue weighted by Gasteiger charge is -2.22. The first kappa shape index (κ1) is 18.5. The van der Waals surface area contributed by atoms with Crippen molar-refractivity contribution < 1.29 is 19.0 Å². The number of hydrogen-bond acceptors (Lipinski definition) is 5. The lowest BCUT2D eigenvalue weighted by molar-refractivity contribution is 0.0629. The van der Waals surface area contributed by atoms with Gasteiger partial charge in [0.25, 0.3) is 0 Å². The Hall–Kier alpha value is -1.82. The molecule has 2 fully saturated rings. The number of fused-ring (bicyclic) bond motifs is 2. The van der Waals surface area contributed by atoms with Gasteiger partial charge in [-0.25, -0.2) is 0 Å². The van der Waals surface area contributed by atoms with Gasteiger partial charge in [-0.3, -0.25) is 9.78 Å². The molecule has 142 valence electrons. The van der Waals surface area contributed by atoms with Crippen LogP contribution in [0.2, 0.25) is 10.0 Å². The van der Waals surface area contributed by atoms with E-state index in [1.165, 1.54) is 12.4 Å². The molecule has 1 aromatic heterocycles. The molecule has 2 aromatic rings. The lowest BCUT2D eigenvalue weighted by Crippen LogP contribution is -2.28. The second-order valence-electron chi connectivity index (χ2n) is 6.81. The molecule has 2 saturated heterocycles. The normalized spacial score (nSPS) is 23.4. The molecule has 4 rings (SSSR count). The number of hydrogen-bond donors (Lipinski definition) is 0. The van der Waals surface area contributed by atoms with E-state index in [0.717, 1.165) is 19.3 Å². The maximum absolute atomic E-state index is 12.8. The van der Waals surface area contributed by atoms with Gasteiger partial charge < -0.3 is 14.2 Å². The monoisotopic (exact) mass is 407 g/mol. The molecule has 0 saturated carbocycles. The van der Waals surface area contributed by atoms with Gasteiger partial charge in [0.05, 0.1) is 29.4 Å². The smallest absolute Gasteiger partial charge is 0.167 e. The van der Waals surface area contributed by atoms with Gasteiger partial charge in [0.15, 0.2) is 17.3 Å². The topological polar surface area (TPSA) is 57.7 Å². The number of nitrogens with zero attached hydrogens (tertiary/aromatic N) is 1. The summed E-state index contributed by atoms with van der Waals surface area (Å²) in [5.41, 5.74) is 1.08. The molecule has 2 bridgehead atoms. The Morgan fingerprint density at radius 1 is 1.22 bits per heavy atom. The molecule has 3 unspecified atom stereocenters. The van der Waals surface area contributed by atoms with E-state index < -0.39 is 0 Å². The summed E-state index contributed by atoms with van der Waals surface area (Å²) >= 11 is 12.3. The fourth-order valence-corrected chi connectivity index (χ4v) is 4.19. The van der Waals surface area contributed by atoms with Crippen LogP contribution in [0, 0.1) is 0 Å². The van der Waals surface area contributed by atoms with Crippen molar-refractivity contribution in [2.24, 2.45) is 0 Å². The molecule has 3 atom stereocenters. The number of rotatable bonds is 6. The largest absolute Gasteiger partial charge is 0.493 e. The van der Waals surface area contributed by atoms with Crippen molar-refractivity contribution in [1.29, 1.82) is 0 Å². The number of ether oxygens (including phenoxy) is 3. The van der Waals surface area contributed by atoms with E-state index in [1.54, 1.807) is 25.3 Å². The number of halogens is 2. The molecule has 2 aliphatic rings. The summed E-state index contributed by atoms with van der Waals surface area (Å²) in [6.45, 7) is 0. The molecule has 0 aliphatic carbocycles. The number of carbonyl (C=O) groups is 1. The van der Waals surface area contributed by atoms with Crippen LogP contribution in [0.5, 0.6) is 11.5 Å². The Kier molecular flexibility index (Phi) is 5.26. The maximum atomic E-state index is 12.8. The summed E-state index contributed by atoms with van der Waals surface area (Å²) < 4.78 is 17.4. The number of benzene rings is 1. The highest BCUT2D eigenvalue weighted by molar-refractivity contribution is 6.36. The second-order valence-corrected chi connectivity index (χ2v) is 7.63. The van der Waals surface area contributed by atoms with Gasteiger partial charge in [-0.05, 0) is 31.0 Å². The van der Waals surface area contributed by atoms with Crippen molar-refractivity contribution in [2.75, 3.05) is 7.11 Å². The van der Waals surface area contributed by atoms with Crippen molar-refractivity contribution in [1.82, 2.24) is 4.98 Å². The first-order valence-corrected chi connectivity index (χ1v) is 9.62. The third-order valence-electron chi connectivity index (χ3n) is 5.10. The van der Waals surface area contributed by atoms with Crippen LogP contribution in [0.25, 0.3) is 0 Å². The van der Waals surface area contributed by atoms with Gasteiger partial charge in [0, 0.05) is 36.4 Å². The van der Waals surface area contributed by atoms with Crippen LogP contribution in [0.1, 0.15) is 35.2 Å². The number of pyridine rings is 1. The first-order valence-electron chi connectivity index (χ1n) is 8.86. The fourth-order valence-electron chi connectivity index (χ4n) is 3.69. The van der Waals surface area contributed by atoms with Crippen LogP contribution in [0.15, 0.2) is 30.6 Å². The third-order valence-corrected chi connectivity index (χ3v) is 5.76. The van der Waals surface area contributed by atoms with Gasteiger partial charge in [-0.2, -0.15) is 0 Å². The van der Waals surface area contributed by atoms with Gasteiger partial charge >= 0.3 is 0 Å². The zero-order valence-corrected chi connectivity index (χ0v) is 16.3. The highest BCUT2D eigenvalue weighted by atomic mass is 35.5. The van der Waals surface area contributed by atoms with Crippen molar-refractivity contribution in [3.05, 3.63) is 51.8 Å². The highest BCUT2D eigenvalue weighted by Crippen LogP contribution is 2.39. The van der Waals surface area contributed by atoms with E-state index in [2.05, 4.69) is 4.98 Å². The molecule has 27 heavy (non-hydrogen) atoms. The molecule has 2 aliphatic heterocycles. The first-order chi connectivity index (χ1) is 13.0. The molecule has 0 amide bonds. The van der Waals surface area contributed by atoms with Gasteiger partial charge in [-0.15, -0.1) is 0 Å². The van der Waals surface area contributed by atoms with E-state index in [1.807, 2.05) is 0 Å². The molecule has 0 N–H and O–H groups in total. The fraction of sp³-hybridized carbons (Fsp3) is 0.400. The molecule has 0 spiro atoms. The maximum Gasteiger partial charge on any atom is 0.167 e. The molecule has 1 aromatic carbocycles. The SMILES string of the molecule is COc1ccc(C(=O)Cc2c(Cl)cncc2Cl)cc1OC1CC2CCC1O2. The third kappa shape index (κ3) is 3.77. The Morgan fingerprint density at radius 2 is 2.00 bits per heavy atom. The predicted molar refractivity (Wildman–Crippen MR) is 102 cm³/mol. The zero-order chi connectivity index (χ0) is 19.0. The van der Waals surface area contributed by atoms with Crippen molar-refractivity contribution in [2.45, 2.75) is 44.0 Å². The van der Waals surface area contributed by atoms with Crippen LogP contribution in [0.4, 0.5) is 0 Å². The molecule has 7 heteroatoms. The van der Waals surface area contributed by atoms with Crippen LogP contribution >= 0.6 is 23.2 Å². The molecular formula is C20H19Cl2NO4. The number of carbonyl (C=O) groups excluding carboxylic acids is 1. The number of ketones is 1. The van der Waals surface area contributed by atoms with E-state index in [-0.39, 0.29) is 30.5 Å². The summed E-state index contributed by atoms with van der Waals surface area (Å²) in [5.74, 6) is 1.03. The summed E-state index contributed by atoms with van der Waals surface area (Å²) in [5, 5.41) is 0.750. The number of Topliss-reactive ketones (excluding diaryl/α,β-unsaturated/α-hetero) is 1. The molecular weight excluding hydrogens is 389 g/mol. The number of aromatic nitrogens is 1. The minimum atomic E-state index is -0.110. The molecule has 5 nitrogen and oxygen atoms in total. The van der Waals surface area contributed by atoms with E-state index in [4.69, 9.17) is 37.4 Å². The van der Waals surface area contributed by atoms with Gasteiger partial charge in [-0.1, -0.05) is 23.2 Å². The van der Waals surface area contributed by atoms with E-state index in [0.29, 0.717) is 32.7 Å². The molecule has 3 heterocycles. The van der Waals surface area contributed by atoms with Gasteiger partial charge in [0.1, 0.15) is 6.10 Å². The number of methoxy groups -OCH3 is 1. The highest BCUT2D eigenvalue weighted by Gasteiger charge is 2.42. The van der Waals surface area contributed by atoms with Crippen LogP contribution in [-0.2, 0) is 11.2 Å². The summed E-state index contributed by atoms with van der Waals surface area (Å²) in [6, 6.07) is 5.18. The average Bonchev–Trinajstić information content (AvgIpc) is 3.28. The molecule has 0 radical (unpaired) electrons. The summed E-state index contributed by atoms with van der Waals surface area (Å²) in [4.78, 5) is 16.7. The summed E-state index contributed by atoms with van der Waals surface area (Å²) in [7, 11) is 1.58. The van der Waals surface area contributed by atoms with Crippen molar-refractivity contribution >= 4 is 29.0 Å². The Balaban J connectivity index is 1.55. The van der Waals surface area contributed by atoms with E-state index >= 15 is 0 Å². The predicted octanol–water partition coefficient (Wildman–Crippen LogP) is 4.52. The Labute approximate surface area is 167 Å². The van der Waals surface area contributed by atoms with E-state index in [9.17, 15) is 4.79 Å². The van der Waals surface area contributed by atoms with Gasteiger partial charge in [0.2, 0.25) is 0 Å². The van der Waals surface area contributed by atoms with Crippen molar-refractivity contribution in [3.63, 3.8) is 0 Å². The minimum absolute atomic E-state index is 0.00733. The van der Waals surface area contributed by atoms with Crippen LogP contribution in [-0.4, -0.2) is 36.2 Å². The second kappa shape index (κ2) is 7.66. The van der Waals surface area contributed by atoms with Crippen molar-refractivity contribution in [3.8, 4) is 11.5 Å². The lowest BCUT2D eigenvalue weighted by atomic mass is 9.97.